The van der Waals surface area contributed by atoms with Gasteiger partial charge >= 0.3 is 0 Å². The van der Waals surface area contributed by atoms with Crippen molar-refractivity contribution in [3.8, 4) is 5.75 Å². The van der Waals surface area contributed by atoms with Crippen LogP contribution in [-0.4, -0.2) is 17.8 Å². The second kappa shape index (κ2) is 6.27. The Balaban J connectivity index is 1.66. The topological polar surface area (TPSA) is 24.8 Å². The number of hydrogen-bond acceptors (Lipinski definition) is 3. The van der Waals surface area contributed by atoms with E-state index < -0.39 is 0 Å². The van der Waals surface area contributed by atoms with Crippen molar-refractivity contribution in [2.45, 2.75) is 19.1 Å². The molecule has 0 aliphatic carbocycles. The molecule has 134 valence electrons. The van der Waals surface area contributed by atoms with E-state index >= 15 is 0 Å². The molecule has 3 aromatic rings. The molecule has 0 saturated carbocycles. The number of rotatable bonds is 2. The first-order chi connectivity index (χ1) is 13.2. The van der Waals surface area contributed by atoms with Gasteiger partial charge in [0.05, 0.1) is 17.7 Å². The van der Waals surface area contributed by atoms with E-state index in [0.717, 1.165) is 17.0 Å². The number of para-hydroxylation sites is 1. The highest BCUT2D eigenvalue weighted by Crippen LogP contribution is 2.49. The lowest BCUT2D eigenvalue weighted by molar-refractivity contribution is 0.113. The molecule has 0 N–H and O–H groups in total. The Morgan fingerprint density at radius 3 is 2.30 bits per heavy atom. The van der Waals surface area contributed by atoms with E-state index in [1.807, 2.05) is 18.2 Å². The molecule has 3 aromatic carbocycles. The van der Waals surface area contributed by atoms with Gasteiger partial charge in [-0.3, -0.25) is 5.01 Å². The van der Waals surface area contributed by atoms with Crippen LogP contribution in [0, 0.1) is 12.8 Å². The molecule has 3 heteroatoms. The van der Waals surface area contributed by atoms with Crippen molar-refractivity contribution in [2.75, 3.05) is 7.05 Å². The first-order valence-electron chi connectivity index (χ1n) is 9.41. The highest BCUT2D eigenvalue weighted by atomic mass is 16.5. The molecule has 0 aromatic heterocycles. The quantitative estimate of drug-likeness (QED) is 0.637. The minimum atomic E-state index is -0.0592. The zero-order valence-electron chi connectivity index (χ0n) is 15.5. The molecule has 3 atom stereocenters. The molecule has 3 nitrogen and oxygen atoms in total. The van der Waals surface area contributed by atoms with Crippen LogP contribution in [0.15, 0.2) is 84.0 Å². The second-order valence-corrected chi connectivity index (χ2v) is 7.39. The van der Waals surface area contributed by atoms with E-state index in [1.54, 1.807) is 0 Å². The van der Waals surface area contributed by atoms with E-state index in [4.69, 9.17) is 9.84 Å². The lowest BCUT2D eigenvalue weighted by Crippen LogP contribution is -2.35. The lowest BCUT2D eigenvalue weighted by Gasteiger charge is -2.36. The van der Waals surface area contributed by atoms with Crippen LogP contribution in [0.5, 0.6) is 5.75 Å². The minimum Gasteiger partial charge on any atom is -0.484 e. The molecule has 0 amide bonds. The summed E-state index contributed by atoms with van der Waals surface area (Å²) in [6.45, 7) is 2.12. The molecule has 0 spiro atoms. The van der Waals surface area contributed by atoms with Crippen LogP contribution < -0.4 is 4.74 Å². The average molecular weight is 354 g/mol. The van der Waals surface area contributed by atoms with Crippen molar-refractivity contribution in [1.82, 2.24) is 5.01 Å². The molecule has 0 saturated heterocycles. The number of hydrogen-bond donors (Lipinski definition) is 0. The van der Waals surface area contributed by atoms with E-state index in [-0.39, 0.29) is 18.1 Å². The molecule has 3 unspecified atom stereocenters. The van der Waals surface area contributed by atoms with E-state index in [1.165, 1.54) is 16.7 Å². The van der Waals surface area contributed by atoms with Crippen LogP contribution in [-0.2, 0) is 0 Å². The molecule has 5 rings (SSSR count). The zero-order valence-corrected chi connectivity index (χ0v) is 15.5. The van der Waals surface area contributed by atoms with Crippen LogP contribution in [0.25, 0.3) is 0 Å². The van der Waals surface area contributed by atoms with Gasteiger partial charge in [-0.2, -0.15) is 5.10 Å². The molecule has 2 aliphatic rings. The Kier molecular flexibility index (Phi) is 3.75. The van der Waals surface area contributed by atoms with Crippen molar-refractivity contribution in [2.24, 2.45) is 11.0 Å². The average Bonchev–Trinajstić information content (AvgIpc) is 3.06. The molecule has 27 heavy (non-hydrogen) atoms. The van der Waals surface area contributed by atoms with Gasteiger partial charge in [0.25, 0.3) is 0 Å². The summed E-state index contributed by atoms with van der Waals surface area (Å²) in [6, 6.07) is 27.7. The van der Waals surface area contributed by atoms with E-state index in [9.17, 15) is 0 Å². The maximum absolute atomic E-state index is 6.55. The largest absolute Gasteiger partial charge is 0.484 e. The lowest BCUT2D eigenvalue weighted by atomic mass is 9.79. The summed E-state index contributed by atoms with van der Waals surface area (Å²) in [6.07, 6.45) is -0.0592. The molecular formula is C24H22N2O. The smallest absolute Gasteiger partial charge is 0.135 e. The minimum absolute atomic E-state index is 0.0592. The highest BCUT2D eigenvalue weighted by Gasteiger charge is 2.47. The van der Waals surface area contributed by atoms with Crippen LogP contribution in [0.1, 0.15) is 34.4 Å². The first-order valence-corrected chi connectivity index (χ1v) is 9.41. The third-order valence-corrected chi connectivity index (χ3v) is 5.61. The zero-order chi connectivity index (χ0) is 18.4. The third-order valence-electron chi connectivity index (χ3n) is 5.61. The van der Waals surface area contributed by atoms with Gasteiger partial charge in [0, 0.05) is 12.6 Å². The van der Waals surface area contributed by atoms with Gasteiger partial charge in [0.2, 0.25) is 0 Å². The Hall–Kier alpha value is -3.07. The number of hydrazone groups is 1. The normalized spacial score (nSPS) is 23.3. The summed E-state index contributed by atoms with van der Waals surface area (Å²) in [5.74, 6) is 1.06. The molecule has 0 bridgehead atoms. The van der Waals surface area contributed by atoms with Gasteiger partial charge in [-0.1, -0.05) is 72.3 Å². The number of benzene rings is 3. The van der Waals surface area contributed by atoms with Crippen molar-refractivity contribution in [1.29, 1.82) is 0 Å². The van der Waals surface area contributed by atoms with Crippen molar-refractivity contribution >= 4 is 5.71 Å². The molecule has 0 fully saturated rings. The summed E-state index contributed by atoms with van der Waals surface area (Å²) >= 11 is 0. The number of aryl methyl sites for hydroxylation is 1. The van der Waals surface area contributed by atoms with Crippen LogP contribution in [0.2, 0.25) is 0 Å². The predicted octanol–water partition coefficient (Wildman–Crippen LogP) is 5.14. The fourth-order valence-corrected chi connectivity index (χ4v) is 4.32. The summed E-state index contributed by atoms with van der Waals surface area (Å²) in [5.41, 5.74) is 5.97. The number of nitrogens with zero attached hydrogens (tertiary/aromatic N) is 2. The Labute approximate surface area is 159 Å². The fourth-order valence-electron chi connectivity index (χ4n) is 4.32. The van der Waals surface area contributed by atoms with Gasteiger partial charge in [0.1, 0.15) is 11.9 Å². The third kappa shape index (κ3) is 2.62. The maximum atomic E-state index is 6.55. The summed E-state index contributed by atoms with van der Waals surface area (Å²) in [7, 11) is 2.07. The molecule has 2 heterocycles. The van der Waals surface area contributed by atoms with Crippen LogP contribution in [0.3, 0.4) is 0 Å². The van der Waals surface area contributed by atoms with Crippen LogP contribution >= 0.6 is 0 Å². The van der Waals surface area contributed by atoms with Crippen molar-refractivity contribution in [3.63, 3.8) is 0 Å². The number of fused-ring (bicyclic) bond motifs is 3. The van der Waals surface area contributed by atoms with Crippen molar-refractivity contribution in [3.05, 3.63) is 101 Å². The second-order valence-electron chi connectivity index (χ2n) is 7.39. The Bertz CT molecular complexity index is 994. The van der Waals surface area contributed by atoms with Gasteiger partial charge < -0.3 is 4.74 Å². The van der Waals surface area contributed by atoms with Gasteiger partial charge in [-0.05, 0) is 30.2 Å². The summed E-state index contributed by atoms with van der Waals surface area (Å²) in [4.78, 5) is 0. The summed E-state index contributed by atoms with van der Waals surface area (Å²) < 4.78 is 6.55. The molecule has 0 radical (unpaired) electrons. The standard InChI is InChI=1S/C24H22N2O/c1-16-12-14-17(15-13-16)23-21-22(25-26(23)2)19-10-6-7-11-20(19)27-24(21)18-8-4-3-5-9-18/h3-15,21,23-24H,1-2H3. The maximum Gasteiger partial charge on any atom is 0.135 e. The predicted molar refractivity (Wildman–Crippen MR) is 108 cm³/mol. The monoisotopic (exact) mass is 354 g/mol. The molecular weight excluding hydrogens is 332 g/mol. The van der Waals surface area contributed by atoms with Gasteiger partial charge in [-0.15, -0.1) is 0 Å². The molecule has 2 aliphatic heterocycles. The highest BCUT2D eigenvalue weighted by molar-refractivity contribution is 6.07. The van der Waals surface area contributed by atoms with Crippen molar-refractivity contribution < 1.29 is 4.74 Å². The van der Waals surface area contributed by atoms with Gasteiger partial charge in [0.15, 0.2) is 0 Å². The van der Waals surface area contributed by atoms with E-state index in [2.05, 4.69) is 79.6 Å². The van der Waals surface area contributed by atoms with Gasteiger partial charge in [-0.25, -0.2) is 0 Å². The number of ether oxygens (including phenoxy) is 1. The van der Waals surface area contributed by atoms with E-state index in [0.29, 0.717) is 0 Å². The summed E-state index contributed by atoms with van der Waals surface area (Å²) in [5, 5.41) is 7.08. The Morgan fingerprint density at radius 1 is 0.815 bits per heavy atom. The van der Waals surface area contributed by atoms with Crippen LogP contribution in [0.4, 0.5) is 0 Å². The first kappa shape index (κ1) is 16.1. The fraction of sp³-hybridized carbons (Fsp3) is 0.208. The SMILES string of the molecule is Cc1ccc(C2C3C(=NN2C)c2ccccc2OC3c2ccccc2)cc1. The Morgan fingerprint density at radius 2 is 1.52 bits per heavy atom.